The summed E-state index contributed by atoms with van der Waals surface area (Å²) in [5.74, 6) is 1.14. The van der Waals surface area contributed by atoms with Gasteiger partial charge in [0.25, 0.3) is 0 Å². The topological polar surface area (TPSA) is 117 Å². The Morgan fingerprint density at radius 3 is 2.60 bits per heavy atom. The minimum atomic E-state index is 0.306. The van der Waals surface area contributed by atoms with Crippen LogP contribution in [0.1, 0.15) is 25.7 Å². The number of aromatic nitrogens is 5. The molecule has 9 heteroatoms. The Morgan fingerprint density at radius 2 is 1.84 bits per heavy atom. The lowest BCUT2D eigenvalue weighted by atomic mass is 9.92. The third-order valence-electron chi connectivity index (χ3n) is 4.40. The zero-order valence-corrected chi connectivity index (χ0v) is 14.3. The summed E-state index contributed by atoms with van der Waals surface area (Å²) in [7, 11) is 0. The summed E-state index contributed by atoms with van der Waals surface area (Å²) in [5, 5.41) is 18.0. The number of nitrogens with zero attached hydrogens (tertiary/aromatic N) is 4. The zero-order chi connectivity index (χ0) is 17.2. The lowest BCUT2D eigenvalue weighted by molar-refractivity contribution is 0.410. The molecule has 1 aliphatic rings. The fourth-order valence-electron chi connectivity index (χ4n) is 3.02. The number of H-pyrrole nitrogens is 1. The highest BCUT2D eigenvalue weighted by Gasteiger charge is 2.20. The summed E-state index contributed by atoms with van der Waals surface area (Å²) in [6, 6.07) is 8.03. The summed E-state index contributed by atoms with van der Waals surface area (Å²) < 4.78 is 0. The number of hydrogen-bond acceptors (Lipinski definition) is 7. The molecule has 0 saturated heterocycles. The average molecular weight is 359 g/mol. The maximum Gasteiger partial charge on any atom is 0.227 e. The van der Waals surface area contributed by atoms with Crippen LogP contribution in [0.4, 0.5) is 17.5 Å². The smallest absolute Gasteiger partial charge is 0.227 e. The number of nitrogens with two attached hydrogens (primary N) is 1. The van der Waals surface area contributed by atoms with E-state index in [9.17, 15) is 0 Å². The molecule has 130 valence electrons. The van der Waals surface area contributed by atoms with Crippen molar-refractivity contribution >= 4 is 40.2 Å². The van der Waals surface area contributed by atoms with Gasteiger partial charge >= 0.3 is 0 Å². The molecule has 4 rings (SSSR count). The van der Waals surface area contributed by atoms with Gasteiger partial charge in [-0.05, 0) is 49.9 Å². The number of halogens is 1. The van der Waals surface area contributed by atoms with Gasteiger partial charge in [0.2, 0.25) is 5.95 Å². The number of fused-ring (bicyclic) bond motifs is 1. The lowest BCUT2D eigenvalue weighted by Crippen LogP contribution is -2.33. The Kier molecular flexibility index (Phi) is 4.37. The Morgan fingerprint density at radius 1 is 1.08 bits per heavy atom. The van der Waals surface area contributed by atoms with Gasteiger partial charge in [-0.1, -0.05) is 16.8 Å². The molecule has 0 spiro atoms. The highest BCUT2D eigenvalue weighted by Crippen LogP contribution is 2.25. The molecule has 0 aliphatic heterocycles. The molecule has 3 aromatic rings. The van der Waals surface area contributed by atoms with Crippen molar-refractivity contribution in [3.05, 3.63) is 29.3 Å². The van der Waals surface area contributed by atoms with E-state index < -0.39 is 0 Å². The van der Waals surface area contributed by atoms with Crippen molar-refractivity contribution in [2.45, 2.75) is 37.8 Å². The van der Waals surface area contributed by atoms with Crippen molar-refractivity contribution in [2.75, 3.05) is 10.6 Å². The standard InChI is InChI=1S/C16H19ClN8/c17-9-1-5-11(6-2-9)19-14-13-15(24-25-23-13)22-16(21-14)20-12-7-3-10(18)4-8-12/h1-2,5-6,10,12H,3-4,7-8,18H2,(H3,19,20,21,22,23,24,25). The molecule has 0 radical (unpaired) electrons. The fourth-order valence-corrected chi connectivity index (χ4v) is 3.14. The molecular weight excluding hydrogens is 340 g/mol. The number of hydrogen-bond donors (Lipinski definition) is 4. The van der Waals surface area contributed by atoms with E-state index in [1.165, 1.54) is 0 Å². The van der Waals surface area contributed by atoms with Crippen LogP contribution >= 0.6 is 11.6 Å². The first-order chi connectivity index (χ1) is 12.2. The molecule has 1 fully saturated rings. The van der Waals surface area contributed by atoms with E-state index in [1.807, 2.05) is 24.3 Å². The number of nitrogens with one attached hydrogen (secondary N) is 3. The number of benzene rings is 1. The van der Waals surface area contributed by atoms with Crippen LogP contribution in [-0.4, -0.2) is 37.5 Å². The number of anilines is 3. The van der Waals surface area contributed by atoms with Gasteiger partial charge in [-0.25, -0.2) is 5.10 Å². The van der Waals surface area contributed by atoms with Crippen LogP contribution in [0, 0.1) is 0 Å². The van der Waals surface area contributed by atoms with Crippen LogP contribution in [0.15, 0.2) is 24.3 Å². The molecule has 0 amide bonds. The van der Waals surface area contributed by atoms with Gasteiger partial charge in [-0.2, -0.15) is 9.97 Å². The van der Waals surface area contributed by atoms with E-state index in [0.29, 0.717) is 40.0 Å². The minimum absolute atomic E-state index is 0.306. The van der Waals surface area contributed by atoms with Crippen molar-refractivity contribution in [2.24, 2.45) is 5.73 Å². The average Bonchev–Trinajstić information content (AvgIpc) is 3.08. The number of rotatable bonds is 4. The second kappa shape index (κ2) is 6.81. The quantitative estimate of drug-likeness (QED) is 0.566. The third kappa shape index (κ3) is 3.64. The van der Waals surface area contributed by atoms with Crippen LogP contribution in [-0.2, 0) is 0 Å². The van der Waals surface area contributed by atoms with Crippen molar-refractivity contribution in [1.29, 1.82) is 0 Å². The minimum Gasteiger partial charge on any atom is -0.351 e. The van der Waals surface area contributed by atoms with Crippen molar-refractivity contribution in [3.8, 4) is 0 Å². The molecule has 8 nitrogen and oxygen atoms in total. The summed E-state index contributed by atoms with van der Waals surface area (Å²) in [6.45, 7) is 0. The normalized spacial score (nSPS) is 20.6. The monoisotopic (exact) mass is 358 g/mol. The van der Waals surface area contributed by atoms with Gasteiger partial charge in [0.05, 0.1) is 0 Å². The van der Waals surface area contributed by atoms with E-state index in [2.05, 4.69) is 36.0 Å². The predicted octanol–water partition coefficient (Wildman–Crippen LogP) is 2.83. The molecule has 25 heavy (non-hydrogen) atoms. The maximum absolute atomic E-state index is 5.97. The van der Waals surface area contributed by atoms with Gasteiger partial charge in [0.1, 0.15) is 0 Å². The van der Waals surface area contributed by atoms with Crippen LogP contribution in [0.5, 0.6) is 0 Å². The lowest BCUT2D eigenvalue weighted by Gasteiger charge is -2.26. The van der Waals surface area contributed by atoms with Crippen molar-refractivity contribution < 1.29 is 0 Å². The van der Waals surface area contributed by atoms with Gasteiger partial charge in [0, 0.05) is 22.8 Å². The second-order valence-corrected chi connectivity index (χ2v) is 6.73. The number of aromatic amines is 1. The SMILES string of the molecule is NC1CCC(Nc2nc(Nc3ccc(Cl)cc3)c3nn[nH]c3n2)CC1. The summed E-state index contributed by atoms with van der Waals surface area (Å²) in [4.78, 5) is 9.05. The van der Waals surface area contributed by atoms with Crippen molar-refractivity contribution in [1.82, 2.24) is 25.4 Å². The van der Waals surface area contributed by atoms with Gasteiger partial charge in [-0.15, -0.1) is 5.10 Å². The third-order valence-corrected chi connectivity index (χ3v) is 4.65. The van der Waals surface area contributed by atoms with E-state index in [1.54, 1.807) is 0 Å². The van der Waals surface area contributed by atoms with E-state index in [-0.39, 0.29) is 0 Å². The fraction of sp³-hybridized carbons (Fsp3) is 0.375. The molecule has 1 aliphatic carbocycles. The molecule has 1 aromatic carbocycles. The summed E-state index contributed by atoms with van der Waals surface area (Å²) in [6.07, 6.45) is 4.07. The largest absolute Gasteiger partial charge is 0.351 e. The molecule has 0 unspecified atom stereocenters. The molecule has 0 bridgehead atoms. The molecule has 0 atom stereocenters. The summed E-state index contributed by atoms with van der Waals surface area (Å²) >= 11 is 5.94. The first kappa shape index (κ1) is 16.0. The molecule has 2 heterocycles. The second-order valence-electron chi connectivity index (χ2n) is 6.29. The van der Waals surface area contributed by atoms with E-state index in [4.69, 9.17) is 17.3 Å². The first-order valence-electron chi connectivity index (χ1n) is 8.31. The predicted molar refractivity (Wildman–Crippen MR) is 98.1 cm³/mol. The van der Waals surface area contributed by atoms with Gasteiger partial charge < -0.3 is 16.4 Å². The van der Waals surface area contributed by atoms with Gasteiger partial charge in [-0.3, -0.25) is 0 Å². The van der Waals surface area contributed by atoms with Crippen LogP contribution < -0.4 is 16.4 Å². The molecule has 1 saturated carbocycles. The van der Waals surface area contributed by atoms with Crippen molar-refractivity contribution in [3.63, 3.8) is 0 Å². The Bertz CT molecular complexity index is 854. The van der Waals surface area contributed by atoms with Crippen LogP contribution in [0.2, 0.25) is 5.02 Å². The van der Waals surface area contributed by atoms with E-state index in [0.717, 1.165) is 31.4 Å². The van der Waals surface area contributed by atoms with Crippen LogP contribution in [0.25, 0.3) is 11.2 Å². The highest BCUT2D eigenvalue weighted by atomic mass is 35.5. The molecule has 5 N–H and O–H groups in total. The highest BCUT2D eigenvalue weighted by molar-refractivity contribution is 6.30. The van der Waals surface area contributed by atoms with Crippen LogP contribution in [0.3, 0.4) is 0 Å². The first-order valence-corrected chi connectivity index (χ1v) is 8.68. The van der Waals surface area contributed by atoms with E-state index >= 15 is 0 Å². The Hall–Kier alpha value is -2.45. The molecule has 2 aromatic heterocycles. The Balaban J connectivity index is 1.59. The maximum atomic E-state index is 5.97. The zero-order valence-electron chi connectivity index (χ0n) is 13.5. The molecular formula is C16H19ClN8. The summed E-state index contributed by atoms with van der Waals surface area (Å²) in [5.41, 5.74) is 8.01. The Labute approximate surface area is 149 Å². The van der Waals surface area contributed by atoms with Gasteiger partial charge in [0.15, 0.2) is 17.0 Å².